The maximum atomic E-state index is 11.3. The predicted molar refractivity (Wildman–Crippen MR) is 79.0 cm³/mol. The van der Waals surface area contributed by atoms with E-state index in [1.165, 1.54) is 19.3 Å². The summed E-state index contributed by atoms with van der Waals surface area (Å²) in [6.45, 7) is 5.80. The summed E-state index contributed by atoms with van der Waals surface area (Å²) in [6.07, 6.45) is 8.98. The molecule has 3 aliphatic carbocycles. The molecule has 3 heteroatoms. The Balaban J connectivity index is 1.42. The molecule has 0 amide bonds. The molecule has 2 bridgehead atoms. The topological polar surface area (TPSA) is 26.3 Å². The Kier molecular flexibility index (Phi) is 3.75. The molecule has 0 aliphatic heterocycles. The minimum absolute atomic E-state index is 0.257. The Morgan fingerprint density at radius 2 is 2.26 bits per heavy atom. The number of carbonyl (C=O) groups excluding carboxylic acids is 1. The quantitative estimate of drug-likeness (QED) is 0.333. The highest BCUT2D eigenvalue weighted by Gasteiger charge is 2.52. The van der Waals surface area contributed by atoms with E-state index < -0.39 is 0 Å². The number of carbonyl (C=O) groups is 1. The molecule has 0 saturated heterocycles. The van der Waals surface area contributed by atoms with Crippen LogP contribution in [0.1, 0.15) is 26.2 Å². The second-order valence-corrected chi connectivity index (χ2v) is 7.47. The van der Waals surface area contributed by atoms with Gasteiger partial charge in [0.15, 0.2) is 0 Å². The van der Waals surface area contributed by atoms with Gasteiger partial charge in [0, 0.05) is 16.6 Å². The fourth-order valence-corrected chi connectivity index (χ4v) is 5.54. The first-order chi connectivity index (χ1) is 9.16. The first kappa shape index (κ1) is 13.3. The number of esters is 1. The Morgan fingerprint density at radius 3 is 3.05 bits per heavy atom. The van der Waals surface area contributed by atoms with Crippen molar-refractivity contribution in [3.63, 3.8) is 0 Å². The lowest BCUT2D eigenvalue weighted by atomic mass is 9.81. The van der Waals surface area contributed by atoms with Crippen molar-refractivity contribution in [1.29, 1.82) is 0 Å². The second kappa shape index (κ2) is 5.35. The summed E-state index contributed by atoms with van der Waals surface area (Å²) in [7, 11) is 0. The summed E-state index contributed by atoms with van der Waals surface area (Å²) in [5.74, 6) is 4.33. The molecular weight excluding hydrogens is 256 g/mol. The largest absolute Gasteiger partial charge is 0.461 e. The van der Waals surface area contributed by atoms with E-state index in [0.29, 0.717) is 12.2 Å². The molecule has 0 radical (unpaired) electrons. The molecule has 2 nitrogen and oxygen atoms in total. The van der Waals surface area contributed by atoms with Crippen LogP contribution < -0.4 is 0 Å². The number of rotatable bonds is 5. The lowest BCUT2D eigenvalue weighted by Crippen LogP contribution is -2.26. The molecule has 19 heavy (non-hydrogen) atoms. The number of fused-ring (bicyclic) bond motifs is 5. The van der Waals surface area contributed by atoms with Crippen LogP contribution in [0.5, 0.6) is 0 Å². The molecule has 3 rings (SSSR count). The molecule has 104 valence electrons. The van der Waals surface area contributed by atoms with Gasteiger partial charge in [0.2, 0.25) is 0 Å². The summed E-state index contributed by atoms with van der Waals surface area (Å²) >= 11 is 2.01. The minimum atomic E-state index is -0.257. The van der Waals surface area contributed by atoms with E-state index in [4.69, 9.17) is 4.74 Å². The van der Waals surface area contributed by atoms with E-state index in [9.17, 15) is 4.79 Å². The standard InChI is InChI=1S/C16H22O2S/c1-10(2)16(17)18-6-7-19-15-9-11-8-14(15)13-5-3-4-12(11)13/h3,5,11-15H,1,4,6-9H2,2H3. The molecule has 0 aromatic carbocycles. The maximum Gasteiger partial charge on any atom is 0.333 e. The van der Waals surface area contributed by atoms with Crippen molar-refractivity contribution >= 4 is 17.7 Å². The first-order valence-corrected chi connectivity index (χ1v) is 8.32. The van der Waals surface area contributed by atoms with Gasteiger partial charge in [-0.15, -0.1) is 0 Å². The predicted octanol–water partition coefficient (Wildman–Crippen LogP) is 3.44. The number of hydrogen-bond donors (Lipinski definition) is 0. The monoisotopic (exact) mass is 278 g/mol. The highest BCUT2D eigenvalue weighted by molar-refractivity contribution is 7.99. The van der Waals surface area contributed by atoms with Crippen LogP contribution in [0.15, 0.2) is 24.3 Å². The summed E-state index contributed by atoms with van der Waals surface area (Å²) in [4.78, 5) is 11.3. The summed E-state index contributed by atoms with van der Waals surface area (Å²) in [5.41, 5.74) is 0.490. The highest BCUT2D eigenvalue weighted by atomic mass is 32.2. The van der Waals surface area contributed by atoms with Crippen LogP contribution in [0.3, 0.4) is 0 Å². The molecule has 5 atom stereocenters. The van der Waals surface area contributed by atoms with Gasteiger partial charge < -0.3 is 4.74 Å². The lowest BCUT2D eigenvalue weighted by molar-refractivity contribution is -0.138. The zero-order chi connectivity index (χ0) is 13.4. The van der Waals surface area contributed by atoms with Gasteiger partial charge >= 0.3 is 5.97 Å². The van der Waals surface area contributed by atoms with Crippen LogP contribution in [0.2, 0.25) is 0 Å². The van der Waals surface area contributed by atoms with Gasteiger partial charge in [0.1, 0.15) is 6.61 Å². The maximum absolute atomic E-state index is 11.3. The van der Waals surface area contributed by atoms with E-state index in [1.807, 2.05) is 11.8 Å². The molecule has 2 fully saturated rings. The normalized spacial score (nSPS) is 38.5. The molecule has 0 spiro atoms. The molecule has 0 heterocycles. The number of hydrogen-bond acceptors (Lipinski definition) is 3. The lowest BCUT2D eigenvalue weighted by Gasteiger charge is -2.30. The zero-order valence-corrected chi connectivity index (χ0v) is 12.3. The van der Waals surface area contributed by atoms with Crippen molar-refractivity contribution in [2.24, 2.45) is 23.7 Å². The van der Waals surface area contributed by atoms with Gasteiger partial charge in [-0.1, -0.05) is 18.7 Å². The average molecular weight is 278 g/mol. The van der Waals surface area contributed by atoms with Crippen molar-refractivity contribution in [3.8, 4) is 0 Å². The van der Waals surface area contributed by atoms with Crippen molar-refractivity contribution in [1.82, 2.24) is 0 Å². The molecule has 2 saturated carbocycles. The summed E-state index contributed by atoms with van der Waals surface area (Å²) in [6, 6.07) is 0. The Labute approximate surface area is 119 Å². The second-order valence-electron chi connectivity index (χ2n) is 6.13. The third kappa shape index (κ3) is 2.49. The average Bonchev–Trinajstić information content (AvgIpc) is 3.05. The van der Waals surface area contributed by atoms with Crippen LogP contribution in [0.25, 0.3) is 0 Å². The minimum Gasteiger partial charge on any atom is -0.461 e. The molecule has 3 aliphatic rings. The van der Waals surface area contributed by atoms with Crippen LogP contribution in [-0.2, 0) is 9.53 Å². The van der Waals surface area contributed by atoms with E-state index >= 15 is 0 Å². The molecule has 0 N–H and O–H groups in total. The van der Waals surface area contributed by atoms with Gasteiger partial charge in [-0.05, 0) is 49.9 Å². The Morgan fingerprint density at radius 1 is 1.42 bits per heavy atom. The number of thioether (sulfide) groups is 1. The van der Waals surface area contributed by atoms with E-state index in [1.54, 1.807) is 6.92 Å². The van der Waals surface area contributed by atoms with Crippen LogP contribution in [0, 0.1) is 23.7 Å². The van der Waals surface area contributed by atoms with Crippen molar-refractivity contribution in [2.45, 2.75) is 31.4 Å². The van der Waals surface area contributed by atoms with Crippen LogP contribution in [-0.4, -0.2) is 23.6 Å². The van der Waals surface area contributed by atoms with E-state index in [0.717, 1.165) is 34.7 Å². The highest BCUT2D eigenvalue weighted by Crippen LogP contribution is 2.59. The van der Waals surface area contributed by atoms with Gasteiger partial charge in [-0.25, -0.2) is 4.79 Å². The van der Waals surface area contributed by atoms with E-state index in [2.05, 4.69) is 18.7 Å². The molecule has 0 aromatic rings. The molecule has 5 unspecified atom stereocenters. The van der Waals surface area contributed by atoms with Gasteiger partial charge in [0.25, 0.3) is 0 Å². The third-order valence-corrected chi connectivity index (χ3v) is 6.32. The Bertz CT molecular complexity index is 415. The SMILES string of the molecule is C=C(C)C(=O)OCCSC1CC2CC1C1C=CCC21. The molecule has 0 aromatic heterocycles. The van der Waals surface area contributed by atoms with E-state index in [-0.39, 0.29) is 5.97 Å². The van der Waals surface area contributed by atoms with Crippen molar-refractivity contribution < 1.29 is 9.53 Å². The number of ether oxygens (including phenoxy) is 1. The van der Waals surface area contributed by atoms with Crippen molar-refractivity contribution in [2.75, 3.05) is 12.4 Å². The van der Waals surface area contributed by atoms with Crippen molar-refractivity contribution in [3.05, 3.63) is 24.3 Å². The zero-order valence-electron chi connectivity index (χ0n) is 11.5. The van der Waals surface area contributed by atoms with Crippen LogP contribution in [0.4, 0.5) is 0 Å². The van der Waals surface area contributed by atoms with Gasteiger partial charge in [-0.2, -0.15) is 11.8 Å². The molecular formula is C16H22O2S. The van der Waals surface area contributed by atoms with Gasteiger partial charge in [-0.3, -0.25) is 0 Å². The van der Waals surface area contributed by atoms with Crippen LogP contribution >= 0.6 is 11.8 Å². The summed E-state index contributed by atoms with van der Waals surface area (Å²) < 4.78 is 5.16. The first-order valence-electron chi connectivity index (χ1n) is 7.27. The summed E-state index contributed by atoms with van der Waals surface area (Å²) in [5, 5.41) is 0.789. The fraction of sp³-hybridized carbons (Fsp3) is 0.688. The van der Waals surface area contributed by atoms with Gasteiger partial charge in [0.05, 0.1) is 0 Å². The fourth-order valence-electron chi connectivity index (χ4n) is 4.13. The smallest absolute Gasteiger partial charge is 0.333 e. The third-order valence-electron chi connectivity index (χ3n) is 4.95. The Hall–Kier alpha value is -0.700. The number of allylic oxidation sites excluding steroid dienone is 2.